The number of hydrogen-bond acceptors (Lipinski definition) is 4. The normalized spacial score (nSPS) is 19.1. The Morgan fingerprint density at radius 3 is 2.64 bits per heavy atom. The zero-order valence-corrected chi connectivity index (χ0v) is 16.9. The van der Waals surface area contributed by atoms with Crippen molar-refractivity contribution >= 4 is 45.8 Å². The van der Waals surface area contributed by atoms with Crippen LogP contribution in [0.4, 0.5) is 5.69 Å². The van der Waals surface area contributed by atoms with Gasteiger partial charge in [0.15, 0.2) is 4.46 Å². The third-order valence-electron chi connectivity index (χ3n) is 5.28. The number of aromatic nitrogens is 1. The molecular weight excluding hydrogens is 395 g/mol. The molecule has 0 saturated carbocycles. The molecule has 4 nitrogen and oxygen atoms in total. The molecule has 1 fully saturated rings. The lowest BCUT2D eigenvalue weighted by Gasteiger charge is -2.54. The number of benzene rings is 2. The highest BCUT2D eigenvalue weighted by Gasteiger charge is 2.54. The molecule has 1 aliphatic heterocycles. The predicted molar refractivity (Wildman–Crippen MR) is 113 cm³/mol. The van der Waals surface area contributed by atoms with E-state index >= 15 is 0 Å². The highest BCUT2D eigenvalue weighted by atomic mass is 35.5. The third-order valence-corrected chi connectivity index (χ3v) is 5.95. The zero-order chi connectivity index (χ0) is 19.7. The summed E-state index contributed by atoms with van der Waals surface area (Å²) in [6.45, 7) is 0. The Labute approximate surface area is 174 Å². The van der Waals surface area contributed by atoms with E-state index in [9.17, 15) is 4.79 Å². The molecule has 1 aliphatic rings. The summed E-state index contributed by atoms with van der Waals surface area (Å²) in [4.78, 5) is 19.1. The Morgan fingerprint density at radius 1 is 1.18 bits per heavy atom. The minimum absolute atomic E-state index is 0.185. The third kappa shape index (κ3) is 3.43. The molecule has 2 aromatic carbocycles. The van der Waals surface area contributed by atoms with Crippen molar-refractivity contribution in [3.05, 3.63) is 72.4 Å². The van der Waals surface area contributed by atoms with E-state index in [0.29, 0.717) is 12.8 Å². The van der Waals surface area contributed by atoms with Crippen molar-refractivity contribution in [2.45, 2.75) is 23.3 Å². The lowest BCUT2D eigenvalue weighted by atomic mass is 9.83. The number of methoxy groups -OCH3 is 1. The monoisotopic (exact) mass is 414 g/mol. The van der Waals surface area contributed by atoms with Crippen LogP contribution >= 0.6 is 23.2 Å². The standard InChI is InChI=1S/C22H20Cl2N2O2/c1-28-21(27)17(13-15-7-3-2-4-8-15)19-14-22(23,24)26(19)18-11-5-9-16-10-6-12-25-20(16)18/h2-12,17,19H,13-14H2,1H3. The lowest BCUT2D eigenvalue weighted by Crippen LogP contribution is -2.64. The first kappa shape index (κ1) is 19.0. The van der Waals surface area contributed by atoms with Crippen LogP contribution in [0.3, 0.4) is 0 Å². The summed E-state index contributed by atoms with van der Waals surface area (Å²) in [6, 6.07) is 19.5. The maximum atomic E-state index is 12.7. The van der Waals surface area contributed by atoms with E-state index in [4.69, 9.17) is 27.9 Å². The molecule has 1 saturated heterocycles. The number of nitrogens with zero attached hydrogens (tertiary/aromatic N) is 2. The van der Waals surface area contributed by atoms with Crippen LogP contribution in [0.25, 0.3) is 10.9 Å². The summed E-state index contributed by atoms with van der Waals surface area (Å²) in [5.41, 5.74) is 2.69. The predicted octanol–water partition coefficient (Wildman–Crippen LogP) is 4.98. The summed E-state index contributed by atoms with van der Waals surface area (Å²) >= 11 is 13.2. The van der Waals surface area contributed by atoms with Gasteiger partial charge in [-0.2, -0.15) is 0 Å². The Balaban J connectivity index is 1.73. The van der Waals surface area contributed by atoms with Crippen LogP contribution in [0.5, 0.6) is 0 Å². The molecule has 0 aliphatic carbocycles. The molecule has 4 rings (SSSR count). The minimum Gasteiger partial charge on any atom is -0.469 e. The average molecular weight is 415 g/mol. The van der Waals surface area contributed by atoms with Crippen LogP contribution in [-0.2, 0) is 16.0 Å². The van der Waals surface area contributed by atoms with Crippen molar-refractivity contribution in [3.63, 3.8) is 0 Å². The zero-order valence-electron chi connectivity index (χ0n) is 15.4. The summed E-state index contributed by atoms with van der Waals surface area (Å²) in [5.74, 6) is -0.659. The Bertz CT molecular complexity index is 989. The minimum atomic E-state index is -1.10. The first-order chi connectivity index (χ1) is 13.5. The molecular formula is C22H20Cl2N2O2. The topological polar surface area (TPSA) is 42.4 Å². The van der Waals surface area contributed by atoms with Gasteiger partial charge in [0.25, 0.3) is 0 Å². The van der Waals surface area contributed by atoms with Crippen LogP contribution in [0.15, 0.2) is 66.9 Å². The molecule has 28 heavy (non-hydrogen) atoms. The average Bonchev–Trinajstić information content (AvgIpc) is 2.71. The second-order valence-electron chi connectivity index (χ2n) is 6.98. The van der Waals surface area contributed by atoms with Gasteiger partial charge in [0.05, 0.1) is 30.3 Å². The van der Waals surface area contributed by atoms with Gasteiger partial charge in [-0.05, 0) is 24.1 Å². The summed E-state index contributed by atoms with van der Waals surface area (Å²) in [5, 5.41) is 0.993. The van der Waals surface area contributed by atoms with Crippen LogP contribution in [0.1, 0.15) is 12.0 Å². The van der Waals surface area contributed by atoms with Gasteiger partial charge in [-0.25, -0.2) is 0 Å². The number of fused-ring (bicyclic) bond motifs is 1. The van der Waals surface area contributed by atoms with Crippen molar-refractivity contribution in [2.24, 2.45) is 5.92 Å². The summed E-state index contributed by atoms with van der Waals surface area (Å²) in [7, 11) is 1.41. The number of para-hydroxylation sites is 1. The Kier molecular flexibility index (Phi) is 5.17. The van der Waals surface area contributed by atoms with E-state index in [1.807, 2.05) is 65.6 Å². The molecule has 144 valence electrons. The number of rotatable bonds is 5. The van der Waals surface area contributed by atoms with Gasteiger partial charge in [0.2, 0.25) is 0 Å². The molecule has 0 radical (unpaired) electrons. The molecule has 0 N–H and O–H groups in total. The number of esters is 1. The quantitative estimate of drug-likeness (QED) is 0.335. The fraction of sp³-hybridized carbons (Fsp3) is 0.273. The van der Waals surface area contributed by atoms with Gasteiger partial charge in [-0.3, -0.25) is 9.78 Å². The second-order valence-corrected chi connectivity index (χ2v) is 8.42. The molecule has 0 spiro atoms. The van der Waals surface area contributed by atoms with Gasteiger partial charge >= 0.3 is 5.97 Å². The maximum absolute atomic E-state index is 12.7. The number of anilines is 1. The van der Waals surface area contributed by atoms with Crippen molar-refractivity contribution in [1.29, 1.82) is 0 Å². The van der Waals surface area contributed by atoms with E-state index < -0.39 is 10.4 Å². The van der Waals surface area contributed by atoms with E-state index in [2.05, 4.69) is 4.98 Å². The Morgan fingerprint density at radius 2 is 1.93 bits per heavy atom. The molecule has 0 amide bonds. The van der Waals surface area contributed by atoms with Gasteiger partial charge in [0.1, 0.15) is 0 Å². The van der Waals surface area contributed by atoms with Crippen LogP contribution < -0.4 is 4.90 Å². The number of pyridine rings is 1. The van der Waals surface area contributed by atoms with E-state index in [-0.39, 0.29) is 12.0 Å². The number of carbonyl (C=O) groups is 1. The van der Waals surface area contributed by atoms with E-state index in [0.717, 1.165) is 22.2 Å². The first-order valence-corrected chi connectivity index (χ1v) is 9.89. The number of ether oxygens (including phenoxy) is 1. The van der Waals surface area contributed by atoms with Crippen molar-refractivity contribution in [3.8, 4) is 0 Å². The number of alkyl halides is 2. The summed E-state index contributed by atoms with van der Waals surface area (Å²) < 4.78 is 4.02. The fourth-order valence-electron chi connectivity index (χ4n) is 3.93. The highest BCUT2D eigenvalue weighted by Crippen LogP contribution is 2.51. The SMILES string of the molecule is COC(=O)C(Cc1ccccc1)C1CC(Cl)(Cl)N1c1cccc2cccnc12. The number of carbonyl (C=O) groups excluding carboxylic acids is 1. The largest absolute Gasteiger partial charge is 0.469 e. The van der Waals surface area contributed by atoms with Gasteiger partial charge in [-0.15, -0.1) is 0 Å². The Hall–Kier alpha value is -2.30. The van der Waals surface area contributed by atoms with E-state index in [1.165, 1.54) is 7.11 Å². The lowest BCUT2D eigenvalue weighted by molar-refractivity contribution is -0.146. The molecule has 6 heteroatoms. The molecule has 0 bridgehead atoms. The van der Waals surface area contributed by atoms with E-state index in [1.54, 1.807) is 6.20 Å². The van der Waals surface area contributed by atoms with Crippen LogP contribution in [0, 0.1) is 5.92 Å². The van der Waals surface area contributed by atoms with Gasteiger partial charge in [-0.1, -0.05) is 71.7 Å². The van der Waals surface area contributed by atoms with Gasteiger partial charge < -0.3 is 9.64 Å². The highest BCUT2D eigenvalue weighted by molar-refractivity contribution is 6.50. The fourth-order valence-corrected chi connectivity index (χ4v) is 4.68. The van der Waals surface area contributed by atoms with Crippen LogP contribution in [0.2, 0.25) is 0 Å². The molecule has 2 heterocycles. The van der Waals surface area contributed by atoms with Gasteiger partial charge in [0, 0.05) is 18.0 Å². The molecule has 3 aromatic rings. The number of halogens is 2. The second kappa shape index (κ2) is 7.61. The molecule has 2 atom stereocenters. The first-order valence-electron chi connectivity index (χ1n) is 9.14. The number of hydrogen-bond donors (Lipinski definition) is 0. The molecule has 2 unspecified atom stereocenters. The van der Waals surface area contributed by atoms with Crippen molar-refractivity contribution in [1.82, 2.24) is 4.98 Å². The van der Waals surface area contributed by atoms with Crippen LogP contribution in [-0.4, -0.2) is 28.6 Å². The van der Waals surface area contributed by atoms with Crippen molar-refractivity contribution in [2.75, 3.05) is 12.0 Å². The smallest absolute Gasteiger partial charge is 0.311 e. The maximum Gasteiger partial charge on any atom is 0.311 e. The summed E-state index contributed by atoms with van der Waals surface area (Å²) in [6.07, 6.45) is 2.76. The molecule has 1 aromatic heterocycles. The van der Waals surface area contributed by atoms with Crippen molar-refractivity contribution < 1.29 is 9.53 Å².